The molecule has 0 spiro atoms. The fourth-order valence-corrected chi connectivity index (χ4v) is 2.53. The Morgan fingerprint density at radius 2 is 2.05 bits per heavy atom. The standard InChI is InChI=1S/C12H14BrN3O3/c1-19-11(17)3-2-8(14)6-4-9-10(5-7(6)13)16-12(18)15-9/h4-5,8H,2-3,14H2,1H3,(H2,15,16,18). The van der Waals surface area contributed by atoms with E-state index in [1.807, 2.05) is 0 Å². The molecule has 1 atom stereocenters. The number of fused-ring (bicyclic) bond motifs is 1. The lowest BCUT2D eigenvalue weighted by Gasteiger charge is -2.13. The number of ether oxygens (including phenoxy) is 1. The van der Waals surface area contributed by atoms with Crippen molar-refractivity contribution >= 4 is 32.9 Å². The lowest BCUT2D eigenvalue weighted by atomic mass is 10.0. The van der Waals surface area contributed by atoms with Gasteiger partial charge in [0.05, 0.1) is 18.1 Å². The maximum atomic E-state index is 11.2. The first-order valence-electron chi connectivity index (χ1n) is 5.75. The molecule has 2 aromatic rings. The third kappa shape index (κ3) is 3.05. The highest BCUT2D eigenvalue weighted by Crippen LogP contribution is 2.28. The molecule has 4 N–H and O–H groups in total. The van der Waals surface area contributed by atoms with Gasteiger partial charge in [-0.25, -0.2) is 4.79 Å². The molecule has 0 bridgehead atoms. The summed E-state index contributed by atoms with van der Waals surface area (Å²) in [5, 5.41) is 0. The van der Waals surface area contributed by atoms with E-state index in [1.54, 1.807) is 12.1 Å². The Bertz CT molecular complexity index is 662. The Morgan fingerprint density at radius 1 is 1.42 bits per heavy atom. The zero-order valence-electron chi connectivity index (χ0n) is 10.3. The van der Waals surface area contributed by atoms with Gasteiger partial charge in [-0.1, -0.05) is 15.9 Å². The topological polar surface area (TPSA) is 101 Å². The van der Waals surface area contributed by atoms with Crippen molar-refractivity contribution in [3.05, 3.63) is 32.7 Å². The lowest BCUT2D eigenvalue weighted by molar-refractivity contribution is -0.140. The van der Waals surface area contributed by atoms with E-state index in [9.17, 15) is 9.59 Å². The summed E-state index contributed by atoms with van der Waals surface area (Å²) in [5.41, 5.74) is 8.03. The van der Waals surface area contributed by atoms with Crippen molar-refractivity contribution in [3.8, 4) is 0 Å². The summed E-state index contributed by atoms with van der Waals surface area (Å²) in [6, 6.07) is 3.29. The minimum atomic E-state index is -0.309. The summed E-state index contributed by atoms with van der Waals surface area (Å²) in [7, 11) is 1.35. The molecule has 0 saturated carbocycles. The number of H-pyrrole nitrogens is 2. The van der Waals surface area contributed by atoms with E-state index in [0.29, 0.717) is 17.5 Å². The van der Waals surface area contributed by atoms with Crippen LogP contribution in [-0.2, 0) is 9.53 Å². The van der Waals surface area contributed by atoms with E-state index >= 15 is 0 Å². The number of benzene rings is 1. The predicted molar refractivity (Wildman–Crippen MR) is 74.8 cm³/mol. The average Bonchev–Trinajstić information content (AvgIpc) is 2.73. The zero-order chi connectivity index (χ0) is 14.0. The van der Waals surface area contributed by atoms with Crippen LogP contribution in [0, 0.1) is 0 Å². The fourth-order valence-electron chi connectivity index (χ4n) is 1.89. The number of carbonyl (C=O) groups excluding carboxylic acids is 1. The molecule has 7 heteroatoms. The molecule has 19 heavy (non-hydrogen) atoms. The van der Waals surface area contributed by atoms with Gasteiger partial charge in [0, 0.05) is 16.9 Å². The first-order valence-corrected chi connectivity index (χ1v) is 6.54. The fraction of sp³-hybridized carbons (Fsp3) is 0.333. The Balaban J connectivity index is 2.25. The molecule has 0 aliphatic heterocycles. The first kappa shape index (κ1) is 13.8. The predicted octanol–water partition coefficient (Wildman–Crippen LogP) is 1.57. The molecule has 0 aliphatic rings. The summed E-state index contributed by atoms with van der Waals surface area (Å²) < 4.78 is 5.38. The molecule has 0 radical (unpaired) electrons. The average molecular weight is 328 g/mol. The molecule has 0 fully saturated rings. The first-order chi connectivity index (χ1) is 9.01. The number of nitrogens with two attached hydrogens (primary N) is 1. The number of hydrogen-bond donors (Lipinski definition) is 3. The van der Waals surface area contributed by atoms with E-state index in [0.717, 1.165) is 10.0 Å². The molecule has 6 nitrogen and oxygen atoms in total. The number of nitrogens with one attached hydrogen (secondary N) is 2. The van der Waals surface area contributed by atoms with Crippen molar-refractivity contribution in [2.75, 3.05) is 7.11 Å². The second-order valence-electron chi connectivity index (χ2n) is 4.22. The van der Waals surface area contributed by atoms with E-state index in [1.165, 1.54) is 7.11 Å². The van der Waals surface area contributed by atoms with Crippen LogP contribution in [-0.4, -0.2) is 23.0 Å². The molecule has 102 valence electrons. The number of aromatic amines is 2. The van der Waals surface area contributed by atoms with Gasteiger partial charge in [0.1, 0.15) is 0 Å². The Kier molecular flexibility index (Phi) is 4.06. The van der Waals surface area contributed by atoms with Gasteiger partial charge in [0.15, 0.2) is 0 Å². The lowest BCUT2D eigenvalue weighted by Crippen LogP contribution is -2.13. The SMILES string of the molecule is COC(=O)CCC(N)c1cc2[nH]c(=O)[nH]c2cc1Br. The van der Waals surface area contributed by atoms with Gasteiger partial charge in [-0.05, 0) is 24.1 Å². The maximum absolute atomic E-state index is 11.2. The molecule has 0 amide bonds. The molecule has 1 aromatic carbocycles. The Hall–Kier alpha value is -1.60. The number of hydrogen-bond acceptors (Lipinski definition) is 4. The molecule has 2 rings (SSSR count). The van der Waals surface area contributed by atoms with Crippen LogP contribution in [0.3, 0.4) is 0 Å². The molecular weight excluding hydrogens is 314 g/mol. The molecule has 0 saturated heterocycles. The molecular formula is C12H14BrN3O3. The van der Waals surface area contributed by atoms with Gasteiger partial charge in [0.25, 0.3) is 0 Å². The van der Waals surface area contributed by atoms with E-state index < -0.39 is 0 Å². The summed E-state index contributed by atoms with van der Waals surface area (Å²) in [6.07, 6.45) is 0.733. The van der Waals surface area contributed by atoms with Crippen molar-refractivity contribution in [1.29, 1.82) is 0 Å². The third-order valence-corrected chi connectivity index (χ3v) is 3.61. The highest BCUT2D eigenvalue weighted by Gasteiger charge is 2.14. The summed E-state index contributed by atoms with van der Waals surface area (Å²) >= 11 is 3.42. The van der Waals surface area contributed by atoms with Crippen molar-refractivity contribution in [3.63, 3.8) is 0 Å². The minimum Gasteiger partial charge on any atom is -0.469 e. The Labute approximate surface area is 117 Å². The summed E-state index contributed by atoms with van der Waals surface area (Å²) in [5.74, 6) is -0.289. The number of esters is 1. The van der Waals surface area contributed by atoms with Crippen LogP contribution < -0.4 is 11.4 Å². The van der Waals surface area contributed by atoms with Crippen LogP contribution >= 0.6 is 15.9 Å². The van der Waals surface area contributed by atoms with Crippen molar-refractivity contribution < 1.29 is 9.53 Å². The molecule has 1 heterocycles. The van der Waals surface area contributed by atoms with Crippen LogP contribution in [0.5, 0.6) is 0 Å². The number of rotatable bonds is 4. The van der Waals surface area contributed by atoms with Gasteiger partial charge < -0.3 is 20.4 Å². The summed E-state index contributed by atoms with van der Waals surface area (Å²) in [6.45, 7) is 0. The van der Waals surface area contributed by atoms with E-state index in [2.05, 4.69) is 30.6 Å². The van der Waals surface area contributed by atoms with Crippen LogP contribution in [0.2, 0.25) is 0 Å². The second-order valence-corrected chi connectivity index (χ2v) is 5.07. The van der Waals surface area contributed by atoms with Gasteiger partial charge in [-0.2, -0.15) is 0 Å². The van der Waals surface area contributed by atoms with Crippen LogP contribution in [0.15, 0.2) is 21.4 Å². The number of carbonyl (C=O) groups is 1. The van der Waals surface area contributed by atoms with Gasteiger partial charge in [-0.15, -0.1) is 0 Å². The second kappa shape index (κ2) is 5.58. The number of methoxy groups -OCH3 is 1. The largest absolute Gasteiger partial charge is 0.469 e. The smallest absolute Gasteiger partial charge is 0.323 e. The molecule has 1 unspecified atom stereocenters. The molecule has 0 aliphatic carbocycles. The van der Waals surface area contributed by atoms with Crippen LogP contribution in [0.4, 0.5) is 0 Å². The van der Waals surface area contributed by atoms with Gasteiger partial charge in [-0.3, -0.25) is 4.79 Å². The van der Waals surface area contributed by atoms with Gasteiger partial charge >= 0.3 is 11.7 Å². The molecule has 1 aromatic heterocycles. The van der Waals surface area contributed by atoms with E-state index in [-0.39, 0.29) is 24.1 Å². The quantitative estimate of drug-likeness (QED) is 0.742. The highest BCUT2D eigenvalue weighted by atomic mass is 79.9. The van der Waals surface area contributed by atoms with Gasteiger partial charge in [0.2, 0.25) is 0 Å². The van der Waals surface area contributed by atoms with Crippen molar-refractivity contribution in [1.82, 2.24) is 9.97 Å². The highest BCUT2D eigenvalue weighted by molar-refractivity contribution is 9.10. The number of halogens is 1. The normalized spacial score (nSPS) is 12.6. The van der Waals surface area contributed by atoms with Crippen molar-refractivity contribution in [2.24, 2.45) is 5.73 Å². The maximum Gasteiger partial charge on any atom is 0.323 e. The van der Waals surface area contributed by atoms with Crippen LogP contribution in [0.25, 0.3) is 11.0 Å². The Morgan fingerprint density at radius 3 is 2.68 bits per heavy atom. The third-order valence-electron chi connectivity index (χ3n) is 2.92. The van der Waals surface area contributed by atoms with Crippen molar-refractivity contribution in [2.45, 2.75) is 18.9 Å². The number of imidazole rings is 1. The monoisotopic (exact) mass is 327 g/mol. The van der Waals surface area contributed by atoms with Crippen LogP contribution in [0.1, 0.15) is 24.4 Å². The summed E-state index contributed by atoms with van der Waals surface area (Å²) in [4.78, 5) is 27.7. The minimum absolute atomic E-state index is 0.256. The van der Waals surface area contributed by atoms with E-state index in [4.69, 9.17) is 5.73 Å². The zero-order valence-corrected chi connectivity index (χ0v) is 11.9. The number of aromatic nitrogens is 2.